The fraction of sp³-hybridized carbons (Fsp3) is 0.294. The molecule has 0 saturated carbocycles. The Morgan fingerprint density at radius 2 is 2.10 bits per heavy atom. The summed E-state index contributed by atoms with van der Waals surface area (Å²) in [6, 6.07) is 11.0. The first-order valence-corrected chi connectivity index (χ1v) is 7.13. The molecule has 1 N–H and O–H groups in total. The fourth-order valence-electron chi connectivity index (χ4n) is 3.00. The van der Waals surface area contributed by atoms with Crippen LogP contribution in [0.3, 0.4) is 0 Å². The molecule has 0 fully saturated rings. The van der Waals surface area contributed by atoms with Gasteiger partial charge in [-0.2, -0.15) is 0 Å². The SMILES string of the molecule is Cc1ccc2c(c1)C(O)(Cc1cccc(Cl)c1F)CC2. The lowest BCUT2D eigenvalue weighted by Gasteiger charge is -2.25. The Morgan fingerprint density at radius 3 is 2.90 bits per heavy atom. The van der Waals surface area contributed by atoms with Crippen LogP contribution in [0, 0.1) is 12.7 Å². The van der Waals surface area contributed by atoms with Crippen LogP contribution in [0.25, 0.3) is 0 Å². The molecule has 1 unspecified atom stereocenters. The van der Waals surface area contributed by atoms with Gasteiger partial charge in [0.15, 0.2) is 0 Å². The molecule has 0 aliphatic heterocycles. The van der Waals surface area contributed by atoms with Crippen LogP contribution in [0.4, 0.5) is 4.39 Å². The summed E-state index contributed by atoms with van der Waals surface area (Å²) in [7, 11) is 0. The van der Waals surface area contributed by atoms with Crippen LogP contribution in [0.2, 0.25) is 5.02 Å². The maximum atomic E-state index is 14.0. The zero-order valence-corrected chi connectivity index (χ0v) is 12.0. The van der Waals surface area contributed by atoms with E-state index in [0.717, 1.165) is 23.1 Å². The molecule has 0 bridgehead atoms. The number of aryl methyl sites for hydroxylation is 2. The Labute approximate surface area is 123 Å². The molecule has 2 aromatic rings. The zero-order chi connectivity index (χ0) is 14.3. The summed E-state index contributed by atoms with van der Waals surface area (Å²) in [6.07, 6.45) is 1.71. The predicted molar refractivity (Wildman–Crippen MR) is 78.5 cm³/mol. The van der Waals surface area contributed by atoms with Crippen molar-refractivity contribution in [1.29, 1.82) is 0 Å². The Bertz CT molecular complexity index is 668. The largest absolute Gasteiger partial charge is 0.385 e. The fourth-order valence-corrected chi connectivity index (χ4v) is 3.20. The van der Waals surface area contributed by atoms with E-state index in [1.165, 1.54) is 6.07 Å². The van der Waals surface area contributed by atoms with E-state index >= 15 is 0 Å². The van der Waals surface area contributed by atoms with Gasteiger partial charge < -0.3 is 5.11 Å². The summed E-state index contributed by atoms with van der Waals surface area (Å²) in [5.74, 6) is -0.427. The Morgan fingerprint density at radius 1 is 1.30 bits per heavy atom. The number of fused-ring (bicyclic) bond motifs is 1. The van der Waals surface area contributed by atoms with Crippen molar-refractivity contribution in [2.24, 2.45) is 0 Å². The van der Waals surface area contributed by atoms with E-state index in [1.54, 1.807) is 12.1 Å². The average Bonchev–Trinajstić information content (AvgIpc) is 2.73. The third-order valence-corrected chi connectivity index (χ3v) is 4.38. The highest BCUT2D eigenvalue weighted by Gasteiger charge is 2.37. The number of aliphatic hydroxyl groups is 1. The van der Waals surface area contributed by atoms with Crippen molar-refractivity contribution in [3.8, 4) is 0 Å². The van der Waals surface area contributed by atoms with Gasteiger partial charge in [-0.15, -0.1) is 0 Å². The van der Waals surface area contributed by atoms with Gasteiger partial charge in [-0.25, -0.2) is 4.39 Å². The Hall–Kier alpha value is -1.38. The van der Waals surface area contributed by atoms with Gasteiger partial charge in [0.2, 0.25) is 0 Å². The highest BCUT2D eigenvalue weighted by Crippen LogP contribution is 2.40. The molecular weight excluding hydrogens is 275 g/mol. The lowest BCUT2D eigenvalue weighted by atomic mass is 9.88. The quantitative estimate of drug-likeness (QED) is 0.880. The second-order valence-corrected chi connectivity index (χ2v) is 5.99. The van der Waals surface area contributed by atoms with E-state index in [-0.39, 0.29) is 11.4 Å². The molecule has 0 aromatic heterocycles. The van der Waals surface area contributed by atoms with Crippen LogP contribution in [0.15, 0.2) is 36.4 Å². The first kappa shape index (κ1) is 13.6. The molecule has 2 aromatic carbocycles. The first-order valence-electron chi connectivity index (χ1n) is 6.75. The molecule has 0 spiro atoms. The van der Waals surface area contributed by atoms with Crippen LogP contribution < -0.4 is 0 Å². The second-order valence-electron chi connectivity index (χ2n) is 5.58. The average molecular weight is 291 g/mol. The van der Waals surface area contributed by atoms with Gasteiger partial charge in [0, 0.05) is 6.42 Å². The van der Waals surface area contributed by atoms with E-state index < -0.39 is 11.4 Å². The van der Waals surface area contributed by atoms with E-state index in [4.69, 9.17) is 11.6 Å². The summed E-state index contributed by atoms with van der Waals surface area (Å²) in [4.78, 5) is 0. The van der Waals surface area contributed by atoms with Crippen molar-refractivity contribution >= 4 is 11.6 Å². The first-order chi connectivity index (χ1) is 9.49. The van der Waals surface area contributed by atoms with E-state index in [0.29, 0.717) is 12.0 Å². The molecule has 0 radical (unpaired) electrons. The Kier molecular flexibility index (Phi) is 3.31. The van der Waals surface area contributed by atoms with Crippen molar-refractivity contribution in [3.05, 3.63) is 69.5 Å². The van der Waals surface area contributed by atoms with Crippen LogP contribution in [0.5, 0.6) is 0 Å². The molecule has 0 saturated heterocycles. The van der Waals surface area contributed by atoms with Gasteiger partial charge in [0.05, 0.1) is 10.6 Å². The normalized spacial score (nSPS) is 21.0. The standard InChI is InChI=1S/C17H16ClFO/c1-11-5-6-12-7-8-17(20,14(12)9-11)10-13-3-2-4-15(18)16(13)19/h2-6,9,20H,7-8,10H2,1H3. The third kappa shape index (κ3) is 2.23. The molecule has 0 heterocycles. The minimum absolute atomic E-state index is 0.105. The molecule has 0 amide bonds. The van der Waals surface area contributed by atoms with Crippen molar-refractivity contribution < 1.29 is 9.50 Å². The third-order valence-electron chi connectivity index (χ3n) is 4.09. The summed E-state index contributed by atoms with van der Waals surface area (Å²) in [5.41, 5.74) is 2.66. The van der Waals surface area contributed by atoms with Crippen molar-refractivity contribution in [1.82, 2.24) is 0 Å². The van der Waals surface area contributed by atoms with Gasteiger partial charge in [-0.3, -0.25) is 0 Å². The number of benzene rings is 2. The van der Waals surface area contributed by atoms with E-state index in [2.05, 4.69) is 6.07 Å². The van der Waals surface area contributed by atoms with Gasteiger partial charge in [-0.1, -0.05) is 47.5 Å². The van der Waals surface area contributed by atoms with Crippen LogP contribution in [-0.4, -0.2) is 5.11 Å². The lowest BCUT2D eigenvalue weighted by molar-refractivity contribution is 0.0381. The molecule has 3 heteroatoms. The molecule has 104 valence electrons. The second kappa shape index (κ2) is 4.87. The summed E-state index contributed by atoms with van der Waals surface area (Å²) in [5, 5.41) is 11.0. The van der Waals surface area contributed by atoms with Gasteiger partial charge in [0.1, 0.15) is 5.82 Å². The van der Waals surface area contributed by atoms with Crippen LogP contribution >= 0.6 is 11.6 Å². The monoisotopic (exact) mass is 290 g/mol. The lowest BCUT2D eigenvalue weighted by Crippen LogP contribution is -2.26. The summed E-state index contributed by atoms with van der Waals surface area (Å²) < 4.78 is 14.0. The maximum Gasteiger partial charge on any atom is 0.145 e. The van der Waals surface area contributed by atoms with Gasteiger partial charge >= 0.3 is 0 Å². The van der Waals surface area contributed by atoms with E-state index in [1.807, 2.05) is 19.1 Å². The number of hydrogen-bond donors (Lipinski definition) is 1. The highest BCUT2D eigenvalue weighted by molar-refractivity contribution is 6.30. The predicted octanol–water partition coefficient (Wildman–Crippen LogP) is 4.16. The molecule has 1 aliphatic carbocycles. The molecule has 1 nitrogen and oxygen atoms in total. The molecular formula is C17H16ClFO. The van der Waals surface area contributed by atoms with Gasteiger partial charge in [-0.05, 0) is 42.5 Å². The van der Waals surface area contributed by atoms with Crippen LogP contribution in [-0.2, 0) is 18.4 Å². The van der Waals surface area contributed by atoms with E-state index in [9.17, 15) is 9.50 Å². The number of rotatable bonds is 2. The van der Waals surface area contributed by atoms with Crippen molar-refractivity contribution in [2.75, 3.05) is 0 Å². The minimum atomic E-state index is -0.993. The summed E-state index contributed by atoms with van der Waals surface area (Å²) >= 11 is 5.81. The minimum Gasteiger partial charge on any atom is -0.385 e. The van der Waals surface area contributed by atoms with Crippen molar-refractivity contribution in [3.63, 3.8) is 0 Å². The molecule has 1 aliphatic rings. The number of hydrogen-bond acceptors (Lipinski definition) is 1. The maximum absolute atomic E-state index is 14.0. The van der Waals surface area contributed by atoms with Gasteiger partial charge in [0.25, 0.3) is 0 Å². The molecule has 3 rings (SSSR count). The molecule has 1 atom stereocenters. The van der Waals surface area contributed by atoms with Crippen LogP contribution in [0.1, 0.15) is 28.7 Å². The topological polar surface area (TPSA) is 20.2 Å². The summed E-state index contributed by atoms with van der Waals surface area (Å²) in [6.45, 7) is 2.00. The van der Waals surface area contributed by atoms with Crippen molar-refractivity contribution in [2.45, 2.75) is 31.8 Å². The molecule has 20 heavy (non-hydrogen) atoms. The number of halogens is 2. The highest BCUT2D eigenvalue weighted by atomic mass is 35.5. The smallest absolute Gasteiger partial charge is 0.145 e. The zero-order valence-electron chi connectivity index (χ0n) is 11.3. The Balaban J connectivity index is 2.00.